The average Bonchev–Trinajstić information content (AvgIpc) is 2.53. The van der Waals surface area contributed by atoms with Crippen LogP contribution in [0, 0.1) is 11.3 Å². The number of hydrogen-bond donors (Lipinski definition) is 0. The zero-order valence-electron chi connectivity index (χ0n) is 11.8. The molecular weight excluding hydrogens is 325 g/mol. The molecule has 0 atom stereocenters. The molecule has 0 radical (unpaired) electrons. The van der Waals surface area contributed by atoms with Gasteiger partial charge in [0.15, 0.2) is 11.5 Å². The van der Waals surface area contributed by atoms with Crippen molar-refractivity contribution in [3.63, 3.8) is 0 Å². The second kappa shape index (κ2) is 7.79. The van der Waals surface area contributed by atoms with E-state index >= 15 is 0 Å². The molecule has 0 unspecified atom stereocenters. The van der Waals surface area contributed by atoms with E-state index in [1.54, 1.807) is 36.4 Å². The first-order valence-corrected chi connectivity index (χ1v) is 7.18. The fourth-order valence-electron chi connectivity index (χ4n) is 1.75. The van der Waals surface area contributed by atoms with Gasteiger partial charge in [0.05, 0.1) is 23.8 Å². The molecule has 0 aromatic heterocycles. The summed E-state index contributed by atoms with van der Waals surface area (Å²) in [7, 11) is 1.54. The molecule has 4 nitrogen and oxygen atoms in total. The van der Waals surface area contributed by atoms with Crippen LogP contribution < -0.4 is 14.2 Å². The van der Waals surface area contributed by atoms with Crippen molar-refractivity contribution in [3.05, 3.63) is 52.0 Å². The zero-order chi connectivity index (χ0) is 15.9. The minimum Gasteiger partial charge on any atom is -0.493 e. The van der Waals surface area contributed by atoms with Crippen molar-refractivity contribution in [1.82, 2.24) is 0 Å². The van der Waals surface area contributed by atoms with Crippen LogP contribution in [-0.2, 0) is 0 Å². The lowest BCUT2D eigenvalue weighted by Crippen LogP contribution is -2.10. The van der Waals surface area contributed by atoms with Crippen LogP contribution in [0.5, 0.6) is 17.2 Å². The van der Waals surface area contributed by atoms with Crippen molar-refractivity contribution in [2.75, 3.05) is 20.3 Å². The third kappa shape index (κ3) is 4.20. The highest BCUT2D eigenvalue weighted by molar-refractivity contribution is 6.35. The molecule has 2 aromatic carbocycles. The van der Waals surface area contributed by atoms with Crippen LogP contribution in [0.25, 0.3) is 0 Å². The van der Waals surface area contributed by atoms with Gasteiger partial charge < -0.3 is 14.2 Å². The molecule has 0 fully saturated rings. The molecule has 0 aliphatic rings. The lowest BCUT2D eigenvalue weighted by Gasteiger charge is -2.12. The Morgan fingerprint density at radius 2 is 1.64 bits per heavy atom. The van der Waals surface area contributed by atoms with E-state index in [0.29, 0.717) is 39.5 Å². The molecule has 0 saturated carbocycles. The number of nitriles is 1. The van der Waals surface area contributed by atoms with Crippen molar-refractivity contribution in [3.8, 4) is 23.3 Å². The molecule has 2 aromatic rings. The van der Waals surface area contributed by atoms with E-state index in [-0.39, 0.29) is 6.61 Å². The molecule has 0 saturated heterocycles. The molecule has 0 N–H and O–H groups in total. The van der Waals surface area contributed by atoms with Gasteiger partial charge in [-0.25, -0.2) is 0 Å². The van der Waals surface area contributed by atoms with Crippen molar-refractivity contribution in [2.24, 2.45) is 0 Å². The maximum absolute atomic E-state index is 8.90. The highest BCUT2D eigenvalue weighted by atomic mass is 35.5. The second-order valence-corrected chi connectivity index (χ2v) is 5.09. The summed E-state index contributed by atoms with van der Waals surface area (Å²) < 4.78 is 16.3. The van der Waals surface area contributed by atoms with Crippen LogP contribution >= 0.6 is 23.2 Å². The summed E-state index contributed by atoms with van der Waals surface area (Å²) in [6.07, 6.45) is 0. The van der Waals surface area contributed by atoms with Gasteiger partial charge in [0, 0.05) is 11.1 Å². The van der Waals surface area contributed by atoms with Crippen LogP contribution in [0.15, 0.2) is 36.4 Å². The van der Waals surface area contributed by atoms with E-state index in [2.05, 4.69) is 6.07 Å². The van der Waals surface area contributed by atoms with Crippen molar-refractivity contribution in [2.45, 2.75) is 0 Å². The van der Waals surface area contributed by atoms with Gasteiger partial charge in [-0.2, -0.15) is 5.26 Å². The van der Waals surface area contributed by atoms with Crippen LogP contribution in [0.4, 0.5) is 0 Å². The Hall–Kier alpha value is -2.09. The lowest BCUT2D eigenvalue weighted by molar-refractivity contribution is 0.211. The molecule has 2 rings (SSSR count). The zero-order valence-corrected chi connectivity index (χ0v) is 13.3. The maximum atomic E-state index is 8.90. The Labute approximate surface area is 138 Å². The molecule has 114 valence electrons. The fraction of sp³-hybridized carbons (Fsp3) is 0.188. The Morgan fingerprint density at radius 1 is 0.955 bits per heavy atom. The predicted molar refractivity (Wildman–Crippen MR) is 85.2 cm³/mol. The molecule has 6 heteroatoms. The summed E-state index contributed by atoms with van der Waals surface area (Å²) in [4.78, 5) is 0. The second-order valence-electron chi connectivity index (χ2n) is 4.25. The van der Waals surface area contributed by atoms with Crippen LogP contribution in [-0.4, -0.2) is 20.3 Å². The number of methoxy groups -OCH3 is 1. The number of nitrogens with zero attached hydrogens (tertiary/aromatic N) is 1. The van der Waals surface area contributed by atoms with Gasteiger partial charge in [-0.15, -0.1) is 0 Å². The van der Waals surface area contributed by atoms with Crippen molar-refractivity contribution < 1.29 is 14.2 Å². The van der Waals surface area contributed by atoms with Gasteiger partial charge in [-0.3, -0.25) is 0 Å². The predicted octanol–water partition coefficient (Wildman–Crippen LogP) is 4.33. The summed E-state index contributed by atoms with van der Waals surface area (Å²) >= 11 is 11.8. The van der Waals surface area contributed by atoms with Gasteiger partial charge in [0.1, 0.15) is 19.0 Å². The summed E-state index contributed by atoms with van der Waals surface area (Å²) in [5.41, 5.74) is 0.498. The van der Waals surface area contributed by atoms with Crippen LogP contribution in [0.2, 0.25) is 10.0 Å². The Bertz CT molecular complexity index is 698. The first-order valence-electron chi connectivity index (χ1n) is 6.43. The maximum Gasteiger partial charge on any atom is 0.162 e. The first-order chi connectivity index (χ1) is 10.6. The molecule has 22 heavy (non-hydrogen) atoms. The van der Waals surface area contributed by atoms with E-state index in [1.165, 1.54) is 7.11 Å². The molecule has 0 aliphatic heterocycles. The van der Waals surface area contributed by atoms with Crippen LogP contribution in [0.1, 0.15) is 5.56 Å². The molecule has 0 bridgehead atoms. The minimum atomic E-state index is 0.282. The Kier molecular flexibility index (Phi) is 5.76. The summed E-state index contributed by atoms with van der Waals surface area (Å²) in [6.45, 7) is 0.575. The quantitative estimate of drug-likeness (QED) is 0.736. The van der Waals surface area contributed by atoms with E-state index in [4.69, 9.17) is 42.7 Å². The highest BCUT2D eigenvalue weighted by Gasteiger charge is 2.07. The molecule has 0 heterocycles. The first kappa shape index (κ1) is 16.3. The summed E-state index contributed by atoms with van der Waals surface area (Å²) in [5.74, 6) is 1.59. The van der Waals surface area contributed by atoms with E-state index < -0.39 is 0 Å². The molecular formula is C16H13Cl2NO3. The fourth-order valence-corrected chi connectivity index (χ4v) is 2.22. The van der Waals surface area contributed by atoms with Crippen molar-refractivity contribution in [1.29, 1.82) is 5.26 Å². The van der Waals surface area contributed by atoms with Crippen molar-refractivity contribution >= 4 is 23.2 Å². The van der Waals surface area contributed by atoms with E-state index in [1.807, 2.05) is 0 Å². The molecule has 0 spiro atoms. The molecule has 0 amide bonds. The smallest absolute Gasteiger partial charge is 0.162 e. The van der Waals surface area contributed by atoms with Gasteiger partial charge in [-0.05, 0) is 30.3 Å². The minimum absolute atomic E-state index is 0.282. The molecule has 0 aliphatic carbocycles. The van der Waals surface area contributed by atoms with Gasteiger partial charge in [0.2, 0.25) is 0 Å². The number of benzene rings is 2. The normalized spacial score (nSPS) is 9.91. The SMILES string of the molecule is COc1ccc(C#N)cc1OCCOc1ccc(Cl)cc1Cl. The number of halogens is 2. The average molecular weight is 338 g/mol. The van der Waals surface area contributed by atoms with Gasteiger partial charge >= 0.3 is 0 Å². The Morgan fingerprint density at radius 3 is 2.27 bits per heavy atom. The standard InChI is InChI=1S/C16H13Cl2NO3/c1-20-15-4-2-11(10-19)8-16(15)22-7-6-21-14-5-3-12(17)9-13(14)18/h2-5,8-9H,6-7H2,1H3. The van der Waals surface area contributed by atoms with Gasteiger partial charge in [0.25, 0.3) is 0 Å². The summed E-state index contributed by atoms with van der Waals surface area (Å²) in [6, 6.07) is 12.0. The highest BCUT2D eigenvalue weighted by Crippen LogP contribution is 2.29. The largest absolute Gasteiger partial charge is 0.493 e. The van der Waals surface area contributed by atoms with Crippen LogP contribution in [0.3, 0.4) is 0 Å². The monoisotopic (exact) mass is 337 g/mol. The number of rotatable bonds is 6. The topological polar surface area (TPSA) is 51.5 Å². The lowest BCUT2D eigenvalue weighted by atomic mass is 10.2. The third-order valence-electron chi connectivity index (χ3n) is 2.79. The Balaban J connectivity index is 1.92. The summed E-state index contributed by atoms with van der Waals surface area (Å²) in [5, 5.41) is 9.89. The van der Waals surface area contributed by atoms with Gasteiger partial charge in [-0.1, -0.05) is 23.2 Å². The number of ether oxygens (including phenoxy) is 3. The van der Waals surface area contributed by atoms with E-state index in [0.717, 1.165) is 0 Å². The number of hydrogen-bond acceptors (Lipinski definition) is 4. The third-order valence-corrected chi connectivity index (χ3v) is 3.32. The van der Waals surface area contributed by atoms with E-state index in [9.17, 15) is 0 Å².